The molecule has 5 nitrogen and oxygen atoms in total. The van der Waals surface area contributed by atoms with E-state index in [-0.39, 0.29) is 5.56 Å². The zero-order valence-electron chi connectivity index (χ0n) is 14.0. The second-order valence-corrected chi connectivity index (χ2v) is 6.42. The summed E-state index contributed by atoms with van der Waals surface area (Å²) in [4.78, 5) is 18.9. The molecule has 0 atom stereocenters. The number of nitrogens with zero attached hydrogens (tertiary/aromatic N) is 1. The highest BCUT2D eigenvalue weighted by molar-refractivity contribution is 5.63. The Morgan fingerprint density at radius 1 is 1.04 bits per heavy atom. The van der Waals surface area contributed by atoms with Crippen LogP contribution in [0.25, 0.3) is 11.3 Å². The van der Waals surface area contributed by atoms with Crippen LogP contribution in [-0.2, 0) is 25.9 Å². The lowest BCUT2D eigenvalue weighted by Gasteiger charge is -2.17. The summed E-state index contributed by atoms with van der Waals surface area (Å²) in [6, 6.07) is 7.97. The van der Waals surface area contributed by atoms with Gasteiger partial charge in [0.1, 0.15) is 11.5 Å². The highest BCUT2D eigenvalue weighted by Gasteiger charge is 2.19. The summed E-state index contributed by atoms with van der Waals surface area (Å²) in [5, 5.41) is 3.37. The van der Waals surface area contributed by atoms with Gasteiger partial charge in [-0.3, -0.25) is 9.78 Å². The van der Waals surface area contributed by atoms with E-state index in [1.165, 1.54) is 5.56 Å². The van der Waals surface area contributed by atoms with Crippen LogP contribution in [0.2, 0.25) is 0 Å². The molecule has 5 heteroatoms. The first-order valence-electron chi connectivity index (χ1n) is 8.73. The molecule has 0 saturated heterocycles. The lowest BCUT2D eigenvalue weighted by molar-refractivity contribution is 0.492. The minimum Gasteiger partial charge on any atom is -0.460 e. The number of furan rings is 1. The number of fused-ring (bicyclic) bond motifs is 1. The van der Waals surface area contributed by atoms with E-state index in [1.54, 1.807) is 18.6 Å². The maximum absolute atomic E-state index is 12.0. The summed E-state index contributed by atoms with van der Waals surface area (Å²) in [5.41, 5.74) is 4.34. The van der Waals surface area contributed by atoms with Crippen LogP contribution in [0.15, 0.2) is 52.1 Å². The van der Waals surface area contributed by atoms with Crippen LogP contribution in [0, 0.1) is 0 Å². The standard InChI is InChI=1S/C20H21N3O2/c24-20-17-4-2-1-3-16(17)18(13-23-20)19-6-5-15(25-19)12-22-11-14-7-9-21-10-8-14/h5-10,13,22H,1-4,11-12H2,(H,23,24). The summed E-state index contributed by atoms with van der Waals surface area (Å²) >= 11 is 0. The van der Waals surface area contributed by atoms with Crippen LogP contribution in [-0.4, -0.2) is 9.97 Å². The Hall–Kier alpha value is -2.66. The Kier molecular flexibility index (Phi) is 4.48. The van der Waals surface area contributed by atoms with E-state index in [4.69, 9.17) is 4.42 Å². The summed E-state index contributed by atoms with van der Waals surface area (Å²) < 4.78 is 6.02. The van der Waals surface area contributed by atoms with Gasteiger partial charge in [0.25, 0.3) is 5.56 Å². The van der Waals surface area contributed by atoms with Crippen molar-refractivity contribution in [1.82, 2.24) is 15.3 Å². The number of H-pyrrole nitrogens is 1. The number of hydrogen-bond donors (Lipinski definition) is 2. The van der Waals surface area contributed by atoms with Crippen LogP contribution in [0.1, 0.15) is 35.3 Å². The minimum atomic E-state index is 0.0456. The summed E-state index contributed by atoms with van der Waals surface area (Å²) in [5.74, 6) is 1.72. The van der Waals surface area contributed by atoms with Crippen LogP contribution in [0.4, 0.5) is 0 Å². The SMILES string of the molecule is O=c1[nH]cc(-c2ccc(CNCc3ccncc3)o2)c2c1CCCC2. The van der Waals surface area contributed by atoms with Crippen molar-refractivity contribution < 1.29 is 4.42 Å². The average molecular weight is 335 g/mol. The fraction of sp³-hybridized carbons (Fsp3) is 0.300. The first kappa shape index (κ1) is 15.8. The lowest BCUT2D eigenvalue weighted by atomic mass is 9.89. The molecule has 0 radical (unpaired) electrons. The number of aromatic amines is 1. The van der Waals surface area contributed by atoms with Gasteiger partial charge in [-0.15, -0.1) is 0 Å². The largest absolute Gasteiger partial charge is 0.460 e. The number of nitrogens with one attached hydrogen (secondary N) is 2. The van der Waals surface area contributed by atoms with Gasteiger partial charge in [0.05, 0.1) is 6.54 Å². The fourth-order valence-electron chi connectivity index (χ4n) is 3.43. The Morgan fingerprint density at radius 2 is 1.84 bits per heavy atom. The first-order chi connectivity index (χ1) is 12.3. The van der Waals surface area contributed by atoms with Crippen molar-refractivity contribution in [3.63, 3.8) is 0 Å². The topological polar surface area (TPSA) is 70.9 Å². The maximum atomic E-state index is 12.0. The number of pyridine rings is 2. The molecule has 0 fully saturated rings. The van der Waals surface area contributed by atoms with Gasteiger partial charge in [0.15, 0.2) is 0 Å². The number of hydrogen-bond acceptors (Lipinski definition) is 4. The number of aromatic nitrogens is 2. The third-order valence-corrected chi connectivity index (χ3v) is 4.72. The lowest BCUT2D eigenvalue weighted by Crippen LogP contribution is -2.19. The summed E-state index contributed by atoms with van der Waals surface area (Å²) in [7, 11) is 0. The molecule has 3 aromatic rings. The average Bonchev–Trinajstić information content (AvgIpc) is 3.12. The molecule has 4 rings (SSSR count). The van der Waals surface area contributed by atoms with Gasteiger partial charge in [-0.25, -0.2) is 0 Å². The van der Waals surface area contributed by atoms with E-state index in [9.17, 15) is 4.79 Å². The minimum absolute atomic E-state index is 0.0456. The molecule has 2 N–H and O–H groups in total. The summed E-state index contributed by atoms with van der Waals surface area (Å²) in [6.07, 6.45) is 9.40. The van der Waals surface area contributed by atoms with E-state index in [0.717, 1.165) is 60.4 Å². The molecular weight excluding hydrogens is 314 g/mol. The zero-order chi connectivity index (χ0) is 17.1. The van der Waals surface area contributed by atoms with Crippen molar-refractivity contribution in [3.05, 3.63) is 75.7 Å². The highest BCUT2D eigenvalue weighted by atomic mass is 16.3. The molecule has 1 aliphatic rings. The quantitative estimate of drug-likeness (QED) is 0.751. The van der Waals surface area contributed by atoms with Gasteiger partial charge in [0.2, 0.25) is 0 Å². The Morgan fingerprint density at radius 3 is 2.68 bits per heavy atom. The molecule has 3 heterocycles. The molecule has 0 aliphatic heterocycles. The molecule has 25 heavy (non-hydrogen) atoms. The predicted octanol–water partition coefficient (Wildman–Crippen LogP) is 3.20. The molecule has 0 amide bonds. The number of rotatable bonds is 5. The summed E-state index contributed by atoms with van der Waals surface area (Å²) in [6.45, 7) is 1.43. The van der Waals surface area contributed by atoms with E-state index in [1.807, 2.05) is 24.3 Å². The first-order valence-corrected chi connectivity index (χ1v) is 8.73. The zero-order valence-corrected chi connectivity index (χ0v) is 14.0. The van der Waals surface area contributed by atoms with Crippen molar-refractivity contribution >= 4 is 0 Å². The smallest absolute Gasteiger partial charge is 0.251 e. The Labute approximate surface area is 146 Å². The second kappa shape index (κ2) is 7.07. The molecule has 1 aliphatic carbocycles. The van der Waals surface area contributed by atoms with Gasteiger partial charge >= 0.3 is 0 Å². The van der Waals surface area contributed by atoms with Gasteiger partial charge in [-0.05, 0) is 61.1 Å². The predicted molar refractivity (Wildman–Crippen MR) is 96.2 cm³/mol. The fourth-order valence-corrected chi connectivity index (χ4v) is 3.43. The second-order valence-electron chi connectivity index (χ2n) is 6.42. The van der Waals surface area contributed by atoms with Gasteiger partial charge in [-0.2, -0.15) is 0 Å². The molecule has 3 aromatic heterocycles. The van der Waals surface area contributed by atoms with Gasteiger partial charge < -0.3 is 14.7 Å². The van der Waals surface area contributed by atoms with Crippen molar-refractivity contribution in [2.45, 2.75) is 38.8 Å². The third kappa shape index (κ3) is 3.42. The third-order valence-electron chi connectivity index (χ3n) is 4.72. The molecule has 0 unspecified atom stereocenters. The maximum Gasteiger partial charge on any atom is 0.251 e. The monoisotopic (exact) mass is 335 g/mol. The molecule has 0 spiro atoms. The molecular formula is C20H21N3O2. The van der Waals surface area contributed by atoms with Crippen molar-refractivity contribution in [1.29, 1.82) is 0 Å². The van der Waals surface area contributed by atoms with Crippen LogP contribution >= 0.6 is 0 Å². The van der Waals surface area contributed by atoms with Crippen molar-refractivity contribution in [3.8, 4) is 11.3 Å². The highest BCUT2D eigenvalue weighted by Crippen LogP contribution is 2.30. The van der Waals surface area contributed by atoms with Crippen molar-refractivity contribution in [2.24, 2.45) is 0 Å². The Bertz CT molecular complexity index is 912. The van der Waals surface area contributed by atoms with Crippen molar-refractivity contribution in [2.75, 3.05) is 0 Å². The van der Waals surface area contributed by atoms with E-state index >= 15 is 0 Å². The van der Waals surface area contributed by atoms with E-state index < -0.39 is 0 Å². The van der Waals surface area contributed by atoms with E-state index in [2.05, 4.69) is 15.3 Å². The van der Waals surface area contributed by atoms with Gasteiger partial charge in [0, 0.05) is 36.3 Å². The molecule has 128 valence electrons. The Balaban J connectivity index is 1.49. The van der Waals surface area contributed by atoms with E-state index in [0.29, 0.717) is 6.54 Å². The van der Waals surface area contributed by atoms with Gasteiger partial charge in [-0.1, -0.05) is 0 Å². The van der Waals surface area contributed by atoms with Crippen LogP contribution in [0.3, 0.4) is 0 Å². The molecule has 0 saturated carbocycles. The van der Waals surface area contributed by atoms with Crippen LogP contribution in [0.5, 0.6) is 0 Å². The molecule has 0 aromatic carbocycles. The molecule has 0 bridgehead atoms. The van der Waals surface area contributed by atoms with Crippen LogP contribution < -0.4 is 10.9 Å². The normalized spacial score (nSPS) is 13.6.